The molecule has 2 nitrogen and oxygen atoms in total. The van der Waals surface area contributed by atoms with E-state index in [0.717, 1.165) is 17.8 Å². The van der Waals surface area contributed by atoms with Crippen molar-refractivity contribution in [2.75, 3.05) is 11.9 Å². The predicted molar refractivity (Wildman–Crippen MR) is 103 cm³/mol. The average Bonchev–Trinajstić information content (AvgIpc) is 2.53. The number of ketones is 1. The molecule has 0 aliphatic heterocycles. The van der Waals surface area contributed by atoms with E-state index < -0.39 is 0 Å². The Bertz CT molecular complexity index is 703. The van der Waals surface area contributed by atoms with Crippen molar-refractivity contribution >= 4 is 17.5 Å². The van der Waals surface area contributed by atoms with E-state index in [2.05, 4.69) is 69.1 Å². The Hall–Kier alpha value is -2.35. The number of anilines is 1. The molecule has 0 aliphatic carbocycles. The van der Waals surface area contributed by atoms with Gasteiger partial charge in [-0.15, -0.1) is 0 Å². The molecule has 0 bridgehead atoms. The van der Waals surface area contributed by atoms with Gasteiger partial charge in [0, 0.05) is 19.3 Å². The van der Waals surface area contributed by atoms with Crippen LogP contribution in [0.4, 0.5) is 5.69 Å². The lowest BCUT2D eigenvalue weighted by Crippen LogP contribution is -2.16. The molecule has 2 aromatic carbocycles. The molecule has 0 unspecified atom stereocenters. The normalized spacial score (nSPS) is 11.7. The van der Waals surface area contributed by atoms with Gasteiger partial charge in [0.25, 0.3) is 0 Å². The largest absolute Gasteiger partial charge is 0.370 e. The summed E-state index contributed by atoms with van der Waals surface area (Å²) in [5.41, 5.74) is 5.04. The van der Waals surface area contributed by atoms with E-state index in [-0.39, 0.29) is 11.2 Å². The third-order valence-electron chi connectivity index (χ3n) is 4.08. The fourth-order valence-electron chi connectivity index (χ4n) is 2.53. The van der Waals surface area contributed by atoms with Crippen molar-refractivity contribution in [1.82, 2.24) is 0 Å². The zero-order valence-electron chi connectivity index (χ0n) is 15.3. The number of nitrogens with zero attached hydrogens (tertiary/aromatic N) is 1. The maximum absolute atomic E-state index is 11.0. The molecule has 0 atom stereocenters. The first-order chi connectivity index (χ1) is 11.3. The predicted octanol–water partition coefficient (Wildman–Crippen LogP) is 5.22. The zero-order valence-corrected chi connectivity index (χ0v) is 15.3. The molecular weight excluding hydrogens is 294 g/mol. The van der Waals surface area contributed by atoms with Crippen molar-refractivity contribution < 1.29 is 4.79 Å². The Kier molecular flexibility index (Phi) is 5.61. The van der Waals surface area contributed by atoms with Crippen molar-refractivity contribution in [3.8, 4) is 0 Å². The van der Waals surface area contributed by atoms with Crippen LogP contribution in [0.5, 0.6) is 0 Å². The molecule has 126 valence electrons. The van der Waals surface area contributed by atoms with Crippen molar-refractivity contribution in [2.24, 2.45) is 0 Å². The highest BCUT2D eigenvalue weighted by atomic mass is 16.1. The standard InChI is InChI=1S/C22H27NO/c1-17(24)6-7-18-10-14-21(15-11-18)23(5)16-19-8-12-20(13-9-19)22(2,3)4/h6-15H,16H2,1-5H3/b7-6+. The first-order valence-corrected chi connectivity index (χ1v) is 8.35. The van der Waals surface area contributed by atoms with Crippen LogP contribution in [0.2, 0.25) is 0 Å². The van der Waals surface area contributed by atoms with Crippen LogP contribution in [-0.2, 0) is 16.8 Å². The summed E-state index contributed by atoms with van der Waals surface area (Å²) < 4.78 is 0. The third-order valence-corrected chi connectivity index (χ3v) is 4.08. The molecule has 2 heteroatoms. The molecule has 2 rings (SSSR count). The van der Waals surface area contributed by atoms with Crippen LogP contribution < -0.4 is 4.90 Å². The van der Waals surface area contributed by atoms with E-state index in [0.29, 0.717) is 0 Å². The van der Waals surface area contributed by atoms with Crippen molar-refractivity contribution in [3.05, 3.63) is 71.3 Å². The molecule has 0 amide bonds. The van der Waals surface area contributed by atoms with Gasteiger partial charge in [-0.25, -0.2) is 0 Å². The van der Waals surface area contributed by atoms with Crippen LogP contribution in [0.15, 0.2) is 54.6 Å². The Morgan fingerprint density at radius 2 is 1.58 bits per heavy atom. The van der Waals surface area contributed by atoms with Gasteiger partial charge in [-0.1, -0.05) is 63.2 Å². The summed E-state index contributed by atoms with van der Waals surface area (Å²) in [5, 5.41) is 0. The van der Waals surface area contributed by atoms with Crippen LogP contribution in [0, 0.1) is 0 Å². The molecule has 0 radical (unpaired) electrons. The highest BCUT2D eigenvalue weighted by Crippen LogP contribution is 2.23. The summed E-state index contributed by atoms with van der Waals surface area (Å²) in [4.78, 5) is 13.2. The first kappa shape index (κ1) is 18.0. The summed E-state index contributed by atoms with van der Waals surface area (Å²) >= 11 is 0. The number of allylic oxidation sites excluding steroid dienone is 1. The molecule has 0 heterocycles. The van der Waals surface area contributed by atoms with Crippen molar-refractivity contribution in [1.29, 1.82) is 0 Å². The molecule has 24 heavy (non-hydrogen) atoms. The molecule has 0 saturated heterocycles. The molecule has 0 spiro atoms. The monoisotopic (exact) mass is 321 g/mol. The Balaban J connectivity index is 2.04. The number of hydrogen-bond donors (Lipinski definition) is 0. The maximum Gasteiger partial charge on any atom is 0.152 e. The smallest absolute Gasteiger partial charge is 0.152 e. The summed E-state index contributed by atoms with van der Waals surface area (Å²) in [6.07, 6.45) is 3.44. The second-order valence-corrected chi connectivity index (χ2v) is 7.34. The molecule has 0 aliphatic rings. The Morgan fingerprint density at radius 3 is 2.08 bits per heavy atom. The minimum Gasteiger partial charge on any atom is -0.370 e. The van der Waals surface area contributed by atoms with Crippen molar-refractivity contribution in [3.63, 3.8) is 0 Å². The number of hydrogen-bond acceptors (Lipinski definition) is 2. The van der Waals surface area contributed by atoms with Gasteiger partial charge >= 0.3 is 0 Å². The lowest BCUT2D eigenvalue weighted by molar-refractivity contribution is -0.112. The summed E-state index contributed by atoms with van der Waals surface area (Å²) in [6.45, 7) is 9.12. The first-order valence-electron chi connectivity index (χ1n) is 8.35. The molecular formula is C22H27NO. The second kappa shape index (κ2) is 7.48. The lowest BCUT2D eigenvalue weighted by Gasteiger charge is -2.22. The zero-order chi connectivity index (χ0) is 17.7. The minimum absolute atomic E-state index is 0.0647. The second-order valence-electron chi connectivity index (χ2n) is 7.34. The van der Waals surface area contributed by atoms with Gasteiger partial charge in [-0.05, 0) is 47.2 Å². The van der Waals surface area contributed by atoms with Crippen molar-refractivity contribution in [2.45, 2.75) is 39.7 Å². The van der Waals surface area contributed by atoms with Crippen LogP contribution in [-0.4, -0.2) is 12.8 Å². The van der Waals surface area contributed by atoms with Gasteiger partial charge in [0.2, 0.25) is 0 Å². The summed E-state index contributed by atoms with van der Waals surface area (Å²) in [5.74, 6) is 0.0647. The number of carbonyl (C=O) groups excluding carboxylic acids is 1. The van der Waals surface area contributed by atoms with E-state index in [4.69, 9.17) is 0 Å². The van der Waals surface area contributed by atoms with Gasteiger partial charge in [-0.2, -0.15) is 0 Å². The molecule has 2 aromatic rings. The Labute approximate surface area is 145 Å². The van der Waals surface area contributed by atoms with E-state index in [9.17, 15) is 4.79 Å². The van der Waals surface area contributed by atoms with Gasteiger partial charge in [0.1, 0.15) is 0 Å². The van der Waals surface area contributed by atoms with Gasteiger partial charge in [0.05, 0.1) is 0 Å². The minimum atomic E-state index is 0.0647. The summed E-state index contributed by atoms with van der Waals surface area (Å²) in [7, 11) is 2.10. The molecule has 0 saturated carbocycles. The average molecular weight is 321 g/mol. The van der Waals surface area contributed by atoms with E-state index >= 15 is 0 Å². The highest BCUT2D eigenvalue weighted by Gasteiger charge is 2.13. The molecule has 0 fully saturated rings. The fraction of sp³-hybridized carbons (Fsp3) is 0.318. The number of carbonyl (C=O) groups is 1. The Morgan fingerprint density at radius 1 is 1.00 bits per heavy atom. The van der Waals surface area contributed by atoms with Crippen LogP contribution in [0.1, 0.15) is 44.4 Å². The van der Waals surface area contributed by atoms with Crippen LogP contribution >= 0.6 is 0 Å². The lowest BCUT2D eigenvalue weighted by atomic mass is 9.87. The third kappa shape index (κ3) is 5.09. The fourth-order valence-corrected chi connectivity index (χ4v) is 2.53. The van der Waals surface area contributed by atoms with E-state index in [1.807, 2.05) is 18.2 Å². The van der Waals surface area contributed by atoms with Gasteiger partial charge in [0.15, 0.2) is 5.78 Å². The maximum atomic E-state index is 11.0. The highest BCUT2D eigenvalue weighted by molar-refractivity contribution is 5.91. The van der Waals surface area contributed by atoms with E-state index in [1.54, 1.807) is 13.0 Å². The number of rotatable bonds is 5. The quantitative estimate of drug-likeness (QED) is 0.703. The topological polar surface area (TPSA) is 20.3 Å². The van der Waals surface area contributed by atoms with Crippen LogP contribution in [0.3, 0.4) is 0 Å². The summed E-state index contributed by atoms with van der Waals surface area (Å²) in [6, 6.07) is 17.1. The molecule has 0 aromatic heterocycles. The SMILES string of the molecule is CC(=O)/C=C/c1ccc(N(C)Cc2ccc(C(C)(C)C)cc2)cc1. The van der Waals surface area contributed by atoms with E-state index in [1.165, 1.54) is 11.1 Å². The van der Waals surface area contributed by atoms with Gasteiger partial charge in [-0.3, -0.25) is 4.79 Å². The number of benzene rings is 2. The van der Waals surface area contributed by atoms with Crippen LogP contribution in [0.25, 0.3) is 6.08 Å². The molecule has 0 N–H and O–H groups in total. The van der Waals surface area contributed by atoms with Gasteiger partial charge < -0.3 is 4.90 Å².